The van der Waals surface area contributed by atoms with Gasteiger partial charge in [-0.25, -0.2) is 5.43 Å². The van der Waals surface area contributed by atoms with Crippen molar-refractivity contribution in [2.45, 2.75) is 21.4 Å². The zero-order chi connectivity index (χ0) is 19.1. The molecule has 0 aliphatic carbocycles. The van der Waals surface area contributed by atoms with Crippen LogP contribution in [0.3, 0.4) is 0 Å². The molecule has 2 heterocycles. The number of carbonyl (C=O) groups excluding carboxylic acids is 1. The number of hydrazone groups is 1. The highest BCUT2D eigenvalue weighted by atomic mass is 32.2. The van der Waals surface area contributed by atoms with Gasteiger partial charge in [0.25, 0.3) is 5.91 Å². The standard InChI is InChI=1S/C18H19N5OS3/c1-13-5-7-14(8-6-13)11-25-17-21-22-18(27-17)26-12-16(24)20-19-10-15-4-3-9-23(15)2/h3-10H,11-12H2,1-2H3,(H,20,24)/b19-10+. The van der Waals surface area contributed by atoms with Crippen LogP contribution in [-0.4, -0.2) is 32.6 Å². The van der Waals surface area contributed by atoms with E-state index in [-0.39, 0.29) is 11.7 Å². The molecule has 0 unspecified atom stereocenters. The number of nitrogens with zero attached hydrogens (tertiary/aromatic N) is 4. The van der Waals surface area contributed by atoms with Gasteiger partial charge in [-0.1, -0.05) is 64.7 Å². The molecule has 2 aromatic heterocycles. The predicted molar refractivity (Wildman–Crippen MR) is 113 cm³/mol. The number of amides is 1. The molecule has 0 bridgehead atoms. The topological polar surface area (TPSA) is 72.2 Å². The molecule has 27 heavy (non-hydrogen) atoms. The molecular weight excluding hydrogens is 398 g/mol. The molecule has 1 N–H and O–H groups in total. The van der Waals surface area contributed by atoms with Crippen LogP contribution in [0.1, 0.15) is 16.8 Å². The van der Waals surface area contributed by atoms with Crippen molar-refractivity contribution in [1.29, 1.82) is 0 Å². The molecule has 3 rings (SSSR count). The van der Waals surface area contributed by atoms with Gasteiger partial charge in [-0.15, -0.1) is 10.2 Å². The number of carbonyl (C=O) groups is 1. The number of aromatic nitrogens is 3. The summed E-state index contributed by atoms with van der Waals surface area (Å²) < 4.78 is 3.60. The van der Waals surface area contributed by atoms with Gasteiger partial charge in [-0.2, -0.15) is 5.10 Å². The Bertz CT molecular complexity index is 917. The minimum Gasteiger partial charge on any atom is -0.350 e. The van der Waals surface area contributed by atoms with Crippen LogP contribution in [0.25, 0.3) is 0 Å². The fraction of sp³-hybridized carbons (Fsp3) is 0.222. The molecule has 6 nitrogen and oxygen atoms in total. The lowest BCUT2D eigenvalue weighted by Gasteiger charge is -1.99. The van der Waals surface area contributed by atoms with Crippen molar-refractivity contribution >= 4 is 47.0 Å². The van der Waals surface area contributed by atoms with Crippen molar-refractivity contribution in [2.75, 3.05) is 5.75 Å². The van der Waals surface area contributed by atoms with Crippen LogP contribution < -0.4 is 5.43 Å². The molecule has 140 valence electrons. The Morgan fingerprint density at radius 3 is 2.67 bits per heavy atom. The molecule has 3 aromatic rings. The van der Waals surface area contributed by atoms with Gasteiger partial charge in [0.15, 0.2) is 8.68 Å². The maximum Gasteiger partial charge on any atom is 0.250 e. The molecule has 0 spiro atoms. The molecule has 0 aliphatic heterocycles. The van der Waals surface area contributed by atoms with Crippen molar-refractivity contribution in [3.05, 3.63) is 59.4 Å². The summed E-state index contributed by atoms with van der Waals surface area (Å²) in [5.74, 6) is 0.935. The van der Waals surface area contributed by atoms with E-state index in [0.717, 1.165) is 20.1 Å². The minimum atomic E-state index is -0.172. The first kappa shape index (κ1) is 19.7. The van der Waals surface area contributed by atoms with Crippen LogP contribution in [0.4, 0.5) is 0 Å². The van der Waals surface area contributed by atoms with Gasteiger partial charge in [0.1, 0.15) is 0 Å². The summed E-state index contributed by atoms with van der Waals surface area (Å²) in [4.78, 5) is 11.9. The maximum absolute atomic E-state index is 11.9. The normalized spacial score (nSPS) is 11.2. The van der Waals surface area contributed by atoms with Crippen molar-refractivity contribution in [2.24, 2.45) is 12.1 Å². The largest absolute Gasteiger partial charge is 0.350 e. The molecule has 9 heteroatoms. The molecule has 1 aromatic carbocycles. The average Bonchev–Trinajstić information content (AvgIpc) is 3.29. The fourth-order valence-corrected chi connectivity index (χ4v) is 4.85. The summed E-state index contributed by atoms with van der Waals surface area (Å²) in [7, 11) is 1.92. The summed E-state index contributed by atoms with van der Waals surface area (Å²) in [5, 5.41) is 12.3. The maximum atomic E-state index is 11.9. The summed E-state index contributed by atoms with van der Waals surface area (Å²) in [5.41, 5.74) is 5.95. The summed E-state index contributed by atoms with van der Waals surface area (Å²) in [6.07, 6.45) is 3.54. The van der Waals surface area contributed by atoms with E-state index in [9.17, 15) is 4.79 Å². The van der Waals surface area contributed by atoms with Crippen LogP contribution in [0.15, 0.2) is 56.4 Å². The Balaban J connectivity index is 1.41. The monoisotopic (exact) mass is 417 g/mol. The van der Waals surface area contributed by atoms with Gasteiger partial charge < -0.3 is 4.57 Å². The second-order valence-electron chi connectivity index (χ2n) is 5.73. The third kappa shape index (κ3) is 6.23. The third-order valence-electron chi connectivity index (χ3n) is 3.57. The third-order valence-corrected chi connectivity index (χ3v) is 6.83. The first-order valence-electron chi connectivity index (χ1n) is 8.18. The lowest BCUT2D eigenvalue weighted by atomic mass is 10.2. The van der Waals surface area contributed by atoms with Crippen LogP contribution in [0.2, 0.25) is 0 Å². The summed E-state index contributed by atoms with van der Waals surface area (Å²) >= 11 is 4.52. The van der Waals surface area contributed by atoms with Gasteiger partial charge >= 0.3 is 0 Å². The number of hydrogen-bond acceptors (Lipinski definition) is 7. The van der Waals surface area contributed by atoms with E-state index in [2.05, 4.69) is 51.9 Å². The molecular formula is C18H19N5OS3. The zero-order valence-corrected chi connectivity index (χ0v) is 17.4. The van der Waals surface area contributed by atoms with Crippen molar-refractivity contribution in [1.82, 2.24) is 20.2 Å². The average molecular weight is 418 g/mol. The van der Waals surface area contributed by atoms with Gasteiger partial charge in [0.2, 0.25) is 0 Å². The van der Waals surface area contributed by atoms with E-state index >= 15 is 0 Å². The highest BCUT2D eigenvalue weighted by Gasteiger charge is 2.08. The van der Waals surface area contributed by atoms with E-state index in [1.54, 1.807) is 18.0 Å². The number of benzene rings is 1. The molecule has 0 radical (unpaired) electrons. The number of hydrogen-bond donors (Lipinski definition) is 1. The van der Waals surface area contributed by atoms with Crippen LogP contribution >= 0.6 is 34.9 Å². The van der Waals surface area contributed by atoms with Crippen LogP contribution in [-0.2, 0) is 17.6 Å². The lowest BCUT2D eigenvalue weighted by molar-refractivity contribution is -0.118. The first-order valence-corrected chi connectivity index (χ1v) is 11.0. The fourth-order valence-electron chi connectivity index (χ4n) is 2.08. The summed E-state index contributed by atoms with van der Waals surface area (Å²) in [6, 6.07) is 12.3. The minimum absolute atomic E-state index is 0.172. The first-order chi connectivity index (χ1) is 13.1. The number of thioether (sulfide) groups is 2. The van der Waals surface area contributed by atoms with E-state index in [1.807, 2.05) is 29.9 Å². The van der Waals surface area contributed by atoms with Crippen molar-refractivity contribution in [3.8, 4) is 0 Å². The van der Waals surface area contributed by atoms with E-state index in [4.69, 9.17) is 0 Å². The molecule has 0 atom stereocenters. The van der Waals surface area contributed by atoms with Crippen LogP contribution in [0, 0.1) is 6.92 Å². The zero-order valence-electron chi connectivity index (χ0n) is 15.0. The number of aryl methyl sites for hydroxylation is 2. The lowest BCUT2D eigenvalue weighted by Crippen LogP contribution is -2.19. The molecule has 0 aliphatic rings. The molecule has 0 saturated carbocycles. The van der Waals surface area contributed by atoms with Gasteiger partial charge in [-0.05, 0) is 24.6 Å². The Labute approximate surface area is 170 Å². The number of rotatable bonds is 8. The van der Waals surface area contributed by atoms with Crippen molar-refractivity contribution in [3.63, 3.8) is 0 Å². The Morgan fingerprint density at radius 2 is 1.96 bits per heavy atom. The van der Waals surface area contributed by atoms with Gasteiger partial charge in [0, 0.05) is 19.0 Å². The Kier molecular flexibility index (Phi) is 7.08. The predicted octanol–water partition coefficient (Wildman–Crippen LogP) is 3.72. The smallest absolute Gasteiger partial charge is 0.250 e. The van der Waals surface area contributed by atoms with E-state index in [0.29, 0.717) is 0 Å². The second-order valence-corrected chi connectivity index (χ2v) is 9.16. The van der Waals surface area contributed by atoms with E-state index < -0.39 is 0 Å². The molecule has 1 amide bonds. The Hall–Kier alpha value is -2.10. The highest BCUT2D eigenvalue weighted by Crippen LogP contribution is 2.30. The molecule has 0 saturated heterocycles. The summed E-state index contributed by atoms with van der Waals surface area (Å²) in [6.45, 7) is 2.08. The second kappa shape index (κ2) is 9.72. The van der Waals surface area contributed by atoms with Gasteiger partial charge in [-0.3, -0.25) is 4.79 Å². The number of nitrogens with one attached hydrogen (secondary N) is 1. The van der Waals surface area contributed by atoms with Crippen LogP contribution in [0.5, 0.6) is 0 Å². The quantitative estimate of drug-likeness (QED) is 0.344. The molecule has 0 fully saturated rings. The highest BCUT2D eigenvalue weighted by molar-refractivity contribution is 8.03. The van der Waals surface area contributed by atoms with Gasteiger partial charge in [0.05, 0.1) is 17.7 Å². The van der Waals surface area contributed by atoms with E-state index in [1.165, 1.54) is 34.2 Å². The SMILES string of the molecule is Cc1ccc(CSc2nnc(SCC(=O)N/N=C/c3cccn3C)s2)cc1. The Morgan fingerprint density at radius 1 is 1.22 bits per heavy atom. The van der Waals surface area contributed by atoms with Crippen molar-refractivity contribution < 1.29 is 4.79 Å².